The number of hydrogen-bond acceptors (Lipinski definition) is 4. The van der Waals surface area contributed by atoms with E-state index in [0.29, 0.717) is 0 Å². The zero-order valence-corrected chi connectivity index (χ0v) is 12.0. The van der Waals surface area contributed by atoms with Gasteiger partial charge in [0, 0.05) is 17.0 Å². The zero-order valence-electron chi connectivity index (χ0n) is 11.2. The number of hydrogen-bond donors (Lipinski definition) is 2. The average Bonchev–Trinajstić information content (AvgIpc) is 2.98. The molecule has 0 saturated carbocycles. The first-order chi connectivity index (χ1) is 9.19. The maximum atomic E-state index is 9.77. The lowest BCUT2D eigenvalue weighted by atomic mass is 9.92. The summed E-state index contributed by atoms with van der Waals surface area (Å²) in [4.78, 5) is 1.24. The molecule has 2 rings (SSSR count). The Kier molecular flexibility index (Phi) is 4.58. The maximum absolute atomic E-state index is 9.77. The third kappa shape index (κ3) is 3.15. The van der Waals surface area contributed by atoms with E-state index in [1.54, 1.807) is 18.4 Å². The summed E-state index contributed by atoms with van der Waals surface area (Å²) in [6, 6.07) is 11.9. The highest BCUT2D eigenvalue weighted by Gasteiger charge is 2.28. The summed E-state index contributed by atoms with van der Waals surface area (Å²) in [7, 11) is 1.65. The summed E-state index contributed by atoms with van der Waals surface area (Å²) in [5, 5.41) is 15.2. The number of aliphatic hydroxyl groups excluding tert-OH is 1. The number of ether oxygens (including phenoxy) is 1. The van der Waals surface area contributed by atoms with Crippen molar-refractivity contribution >= 4 is 11.3 Å². The fourth-order valence-electron chi connectivity index (χ4n) is 2.03. The monoisotopic (exact) mass is 277 g/mol. The van der Waals surface area contributed by atoms with Crippen molar-refractivity contribution < 1.29 is 9.84 Å². The second kappa shape index (κ2) is 6.19. The van der Waals surface area contributed by atoms with Crippen LogP contribution in [0.15, 0.2) is 41.8 Å². The largest absolute Gasteiger partial charge is 0.496 e. The van der Waals surface area contributed by atoms with Crippen molar-refractivity contribution in [1.29, 1.82) is 0 Å². The molecule has 3 nitrogen and oxygen atoms in total. The second-order valence-electron chi connectivity index (χ2n) is 4.62. The second-order valence-corrected chi connectivity index (χ2v) is 5.66. The molecule has 102 valence electrons. The number of methoxy groups -OCH3 is 1. The van der Waals surface area contributed by atoms with Crippen LogP contribution < -0.4 is 10.1 Å². The van der Waals surface area contributed by atoms with Gasteiger partial charge in [-0.15, -0.1) is 11.3 Å². The van der Waals surface area contributed by atoms with Crippen molar-refractivity contribution in [3.8, 4) is 5.75 Å². The van der Waals surface area contributed by atoms with E-state index < -0.39 is 5.54 Å². The lowest BCUT2D eigenvalue weighted by molar-refractivity contribution is 0.170. The zero-order chi connectivity index (χ0) is 13.7. The van der Waals surface area contributed by atoms with Crippen LogP contribution in [0.5, 0.6) is 5.75 Å². The van der Waals surface area contributed by atoms with E-state index in [1.807, 2.05) is 37.3 Å². The normalized spacial score (nSPS) is 14.1. The third-order valence-electron chi connectivity index (χ3n) is 3.25. The summed E-state index contributed by atoms with van der Waals surface area (Å²) in [6.45, 7) is 2.73. The van der Waals surface area contributed by atoms with Crippen LogP contribution in [-0.4, -0.2) is 18.8 Å². The van der Waals surface area contributed by atoms with E-state index in [0.717, 1.165) is 17.9 Å². The van der Waals surface area contributed by atoms with E-state index >= 15 is 0 Å². The Morgan fingerprint density at radius 3 is 2.68 bits per heavy atom. The Bertz CT molecular complexity index is 513. The van der Waals surface area contributed by atoms with Crippen molar-refractivity contribution in [3.05, 3.63) is 52.2 Å². The topological polar surface area (TPSA) is 41.5 Å². The van der Waals surface area contributed by atoms with E-state index in [1.165, 1.54) is 4.88 Å². The summed E-state index contributed by atoms with van der Waals surface area (Å²) < 4.78 is 5.38. The van der Waals surface area contributed by atoms with Crippen molar-refractivity contribution in [2.75, 3.05) is 13.7 Å². The molecule has 0 spiro atoms. The van der Waals surface area contributed by atoms with Gasteiger partial charge in [-0.05, 0) is 24.4 Å². The molecule has 2 N–H and O–H groups in total. The van der Waals surface area contributed by atoms with Crippen molar-refractivity contribution in [2.24, 2.45) is 0 Å². The van der Waals surface area contributed by atoms with Crippen molar-refractivity contribution in [2.45, 2.75) is 19.0 Å². The first-order valence-electron chi connectivity index (χ1n) is 6.21. The Morgan fingerprint density at radius 1 is 1.26 bits per heavy atom. The fraction of sp³-hybridized carbons (Fsp3) is 0.333. The van der Waals surface area contributed by atoms with Gasteiger partial charge in [0.1, 0.15) is 5.75 Å². The van der Waals surface area contributed by atoms with E-state index in [4.69, 9.17) is 4.74 Å². The minimum Gasteiger partial charge on any atom is -0.496 e. The Hall–Kier alpha value is -1.36. The maximum Gasteiger partial charge on any atom is 0.123 e. The van der Waals surface area contributed by atoms with Crippen LogP contribution >= 0.6 is 11.3 Å². The van der Waals surface area contributed by atoms with Gasteiger partial charge in [0.05, 0.1) is 19.3 Å². The minimum atomic E-state index is -0.517. The first-order valence-corrected chi connectivity index (χ1v) is 7.09. The van der Waals surface area contributed by atoms with Crippen LogP contribution in [0.2, 0.25) is 0 Å². The van der Waals surface area contributed by atoms with Crippen LogP contribution in [0.25, 0.3) is 0 Å². The quantitative estimate of drug-likeness (QED) is 0.853. The van der Waals surface area contributed by atoms with Gasteiger partial charge in [-0.25, -0.2) is 0 Å². The Balaban J connectivity index is 2.21. The molecule has 1 heterocycles. The molecular formula is C15H19NO2S. The molecule has 0 saturated heterocycles. The van der Waals surface area contributed by atoms with E-state index in [9.17, 15) is 5.11 Å². The highest BCUT2D eigenvalue weighted by molar-refractivity contribution is 7.09. The van der Waals surface area contributed by atoms with Crippen LogP contribution in [-0.2, 0) is 12.1 Å². The molecule has 1 atom stereocenters. The molecule has 1 aromatic heterocycles. The van der Waals surface area contributed by atoms with Crippen LogP contribution in [0, 0.1) is 0 Å². The van der Waals surface area contributed by atoms with Crippen molar-refractivity contribution in [3.63, 3.8) is 0 Å². The number of aliphatic hydroxyl groups is 1. The predicted molar refractivity (Wildman–Crippen MR) is 78.6 cm³/mol. The molecule has 0 bridgehead atoms. The Labute approximate surface area is 117 Å². The lowest BCUT2D eigenvalue weighted by Crippen LogP contribution is -2.42. The molecule has 2 aromatic rings. The number of rotatable bonds is 6. The Morgan fingerprint density at radius 2 is 2.05 bits per heavy atom. The van der Waals surface area contributed by atoms with Gasteiger partial charge in [-0.1, -0.05) is 24.3 Å². The molecule has 0 radical (unpaired) electrons. The molecule has 0 aliphatic heterocycles. The number of nitrogens with one attached hydrogen (secondary N) is 1. The van der Waals surface area contributed by atoms with Crippen molar-refractivity contribution in [1.82, 2.24) is 5.32 Å². The average molecular weight is 277 g/mol. The SMILES string of the molecule is COc1ccccc1C(C)(CO)NCc1cccs1. The van der Waals surface area contributed by atoms with Crippen LogP contribution in [0.3, 0.4) is 0 Å². The third-order valence-corrected chi connectivity index (χ3v) is 4.13. The molecule has 1 aromatic carbocycles. The molecule has 0 fully saturated rings. The predicted octanol–water partition coefficient (Wildman–Crippen LogP) is 2.75. The standard InChI is InChI=1S/C15H19NO2S/c1-15(11-17,16-10-12-6-5-9-19-12)13-7-3-4-8-14(13)18-2/h3-9,16-17H,10-11H2,1-2H3. The molecular weight excluding hydrogens is 258 g/mol. The molecule has 4 heteroatoms. The van der Waals surface area contributed by atoms with Crippen LogP contribution in [0.1, 0.15) is 17.4 Å². The first kappa shape index (κ1) is 14.1. The number of para-hydroxylation sites is 1. The number of thiophene rings is 1. The molecule has 0 aliphatic rings. The lowest BCUT2D eigenvalue weighted by Gasteiger charge is -2.30. The highest BCUT2D eigenvalue weighted by Crippen LogP contribution is 2.29. The molecule has 19 heavy (non-hydrogen) atoms. The summed E-state index contributed by atoms with van der Waals surface area (Å²) in [5.41, 5.74) is 0.452. The van der Waals surface area contributed by atoms with Gasteiger partial charge in [0.2, 0.25) is 0 Å². The highest BCUT2D eigenvalue weighted by atomic mass is 32.1. The minimum absolute atomic E-state index is 0.0126. The number of benzene rings is 1. The van der Waals surface area contributed by atoms with Gasteiger partial charge in [0.15, 0.2) is 0 Å². The summed E-state index contributed by atoms with van der Waals surface area (Å²) in [5.74, 6) is 0.790. The molecule has 0 aliphatic carbocycles. The van der Waals surface area contributed by atoms with Gasteiger partial charge in [-0.2, -0.15) is 0 Å². The van der Waals surface area contributed by atoms with Gasteiger partial charge < -0.3 is 15.2 Å². The van der Waals surface area contributed by atoms with Gasteiger partial charge in [0.25, 0.3) is 0 Å². The molecule has 0 amide bonds. The summed E-state index contributed by atoms with van der Waals surface area (Å²) >= 11 is 1.70. The summed E-state index contributed by atoms with van der Waals surface area (Å²) in [6.07, 6.45) is 0. The molecule has 1 unspecified atom stereocenters. The van der Waals surface area contributed by atoms with Gasteiger partial charge in [-0.3, -0.25) is 0 Å². The van der Waals surface area contributed by atoms with E-state index in [-0.39, 0.29) is 6.61 Å². The van der Waals surface area contributed by atoms with E-state index in [2.05, 4.69) is 16.8 Å². The van der Waals surface area contributed by atoms with Gasteiger partial charge >= 0.3 is 0 Å². The fourth-order valence-corrected chi connectivity index (χ4v) is 2.68. The smallest absolute Gasteiger partial charge is 0.123 e. The van der Waals surface area contributed by atoms with Crippen LogP contribution in [0.4, 0.5) is 0 Å².